The average Bonchev–Trinajstić information content (AvgIpc) is 1.82. The van der Waals surface area contributed by atoms with Gasteiger partial charge >= 0.3 is 11.9 Å². The van der Waals surface area contributed by atoms with Gasteiger partial charge in [-0.05, 0) is 13.8 Å². The van der Waals surface area contributed by atoms with E-state index >= 15 is 0 Å². The molecule has 1 rings (SSSR count). The maximum atomic E-state index is 11.1. The van der Waals surface area contributed by atoms with Crippen molar-refractivity contribution in [3.63, 3.8) is 0 Å². The van der Waals surface area contributed by atoms with Crippen LogP contribution >= 0.6 is 0 Å². The summed E-state index contributed by atoms with van der Waals surface area (Å²) >= 11 is 0. The van der Waals surface area contributed by atoms with Crippen LogP contribution < -0.4 is 5.73 Å². The van der Waals surface area contributed by atoms with E-state index in [1.165, 1.54) is 20.8 Å². The molecule has 1 heterocycles. The van der Waals surface area contributed by atoms with Gasteiger partial charge in [0.25, 0.3) is 5.72 Å². The van der Waals surface area contributed by atoms with Crippen LogP contribution in [0.1, 0.15) is 20.8 Å². The monoisotopic (exact) mass is 173 g/mol. The topological polar surface area (TPSA) is 78.6 Å². The summed E-state index contributed by atoms with van der Waals surface area (Å²) in [6, 6.07) is 0. The van der Waals surface area contributed by atoms with Crippen LogP contribution in [-0.4, -0.2) is 23.3 Å². The molecule has 0 aromatic rings. The highest BCUT2D eigenvalue weighted by Crippen LogP contribution is 2.23. The van der Waals surface area contributed by atoms with Gasteiger partial charge < -0.3 is 9.47 Å². The van der Waals surface area contributed by atoms with Crippen molar-refractivity contribution in [3.05, 3.63) is 0 Å². The Bertz CT molecular complexity index is 218. The predicted octanol–water partition coefficient (Wildman–Crippen LogP) is -0.460. The fraction of sp³-hybridized carbons (Fsp3) is 0.714. The Hall–Kier alpha value is -1.10. The minimum Gasteiger partial charge on any atom is -0.444 e. The number of rotatable bonds is 0. The van der Waals surface area contributed by atoms with Gasteiger partial charge in [-0.2, -0.15) is 0 Å². The average molecular weight is 173 g/mol. The van der Waals surface area contributed by atoms with Crippen LogP contribution in [0.3, 0.4) is 0 Å². The van der Waals surface area contributed by atoms with Crippen molar-refractivity contribution >= 4 is 11.9 Å². The molecule has 0 saturated carbocycles. The standard InChI is InChI=1S/C7H11NO4/c1-6(2)4(9)12-7(3,8)5(10)11-6/h8H2,1-3H3. The van der Waals surface area contributed by atoms with Gasteiger partial charge in [-0.3, -0.25) is 5.73 Å². The fourth-order valence-electron chi connectivity index (χ4n) is 0.732. The Morgan fingerprint density at radius 2 is 1.58 bits per heavy atom. The van der Waals surface area contributed by atoms with Crippen LogP contribution in [0.5, 0.6) is 0 Å². The van der Waals surface area contributed by atoms with E-state index < -0.39 is 23.3 Å². The minimum atomic E-state index is -1.65. The zero-order valence-electron chi connectivity index (χ0n) is 7.21. The third-order valence-corrected chi connectivity index (χ3v) is 1.55. The SMILES string of the molecule is CC1(C)OC(=O)C(C)(N)OC1=O. The Morgan fingerprint density at radius 3 is 2.00 bits per heavy atom. The van der Waals surface area contributed by atoms with Gasteiger partial charge in [0.1, 0.15) is 0 Å². The summed E-state index contributed by atoms with van der Waals surface area (Å²) in [7, 11) is 0. The Kier molecular flexibility index (Phi) is 1.64. The van der Waals surface area contributed by atoms with E-state index in [0.717, 1.165) is 0 Å². The molecule has 1 fully saturated rings. The van der Waals surface area contributed by atoms with Crippen molar-refractivity contribution in [1.29, 1.82) is 0 Å². The molecule has 2 N–H and O–H groups in total. The van der Waals surface area contributed by atoms with Crippen molar-refractivity contribution in [2.45, 2.75) is 32.1 Å². The molecule has 5 heteroatoms. The first kappa shape index (κ1) is 8.99. The molecule has 0 aromatic carbocycles. The maximum absolute atomic E-state index is 11.1. The largest absolute Gasteiger partial charge is 0.444 e. The summed E-state index contributed by atoms with van der Waals surface area (Å²) < 4.78 is 9.43. The summed E-state index contributed by atoms with van der Waals surface area (Å²) in [5, 5.41) is 0. The summed E-state index contributed by atoms with van der Waals surface area (Å²) in [6.45, 7) is 4.17. The van der Waals surface area contributed by atoms with Gasteiger partial charge in [0, 0.05) is 6.92 Å². The highest BCUT2D eigenvalue weighted by molar-refractivity contribution is 5.91. The summed E-state index contributed by atoms with van der Waals surface area (Å²) in [6.07, 6.45) is 0. The third-order valence-electron chi connectivity index (χ3n) is 1.55. The second-order valence-corrected chi connectivity index (χ2v) is 3.40. The van der Waals surface area contributed by atoms with E-state index in [2.05, 4.69) is 4.74 Å². The van der Waals surface area contributed by atoms with Crippen molar-refractivity contribution < 1.29 is 19.1 Å². The molecule has 1 atom stereocenters. The third kappa shape index (κ3) is 1.27. The van der Waals surface area contributed by atoms with E-state index in [4.69, 9.17) is 10.5 Å². The lowest BCUT2D eigenvalue weighted by atomic mass is 10.1. The van der Waals surface area contributed by atoms with Gasteiger partial charge in [-0.25, -0.2) is 9.59 Å². The molecule has 12 heavy (non-hydrogen) atoms. The maximum Gasteiger partial charge on any atom is 0.367 e. The van der Waals surface area contributed by atoms with Crippen molar-refractivity contribution in [2.75, 3.05) is 0 Å². The lowest BCUT2D eigenvalue weighted by Crippen LogP contribution is -2.60. The number of hydrogen-bond donors (Lipinski definition) is 1. The van der Waals surface area contributed by atoms with E-state index in [-0.39, 0.29) is 0 Å². The number of carbonyl (C=O) groups is 2. The van der Waals surface area contributed by atoms with Crippen LogP contribution in [0.25, 0.3) is 0 Å². The summed E-state index contributed by atoms with van der Waals surface area (Å²) in [5.74, 6) is -1.36. The van der Waals surface area contributed by atoms with Crippen molar-refractivity contribution in [3.8, 4) is 0 Å². The fourth-order valence-corrected chi connectivity index (χ4v) is 0.732. The van der Waals surface area contributed by atoms with Crippen LogP contribution in [0.15, 0.2) is 0 Å². The van der Waals surface area contributed by atoms with Gasteiger partial charge in [-0.1, -0.05) is 0 Å². The first-order chi connectivity index (χ1) is 5.26. The van der Waals surface area contributed by atoms with Gasteiger partial charge in [0.2, 0.25) is 5.60 Å². The number of carbonyl (C=O) groups excluding carboxylic acids is 2. The normalized spacial score (nSPS) is 34.0. The summed E-state index contributed by atoms with van der Waals surface area (Å²) in [4.78, 5) is 22.2. The lowest BCUT2D eigenvalue weighted by Gasteiger charge is -2.35. The Balaban J connectivity index is 2.91. The number of esters is 2. The minimum absolute atomic E-state index is 0.632. The molecule has 0 aromatic heterocycles. The first-order valence-corrected chi connectivity index (χ1v) is 3.51. The highest BCUT2D eigenvalue weighted by atomic mass is 16.7. The zero-order valence-corrected chi connectivity index (χ0v) is 7.21. The molecule has 0 bridgehead atoms. The van der Waals surface area contributed by atoms with E-state index in [1.54, 1.807) is 0 Å². The molecular formula is C7H11NO4. The lowest BCUT2D eigenvalue weighted by molar-refractivity contribution is -0.219. The molecule has 1 saturated heterocycles. The van der Waals surface area contributed by atoms with Crippen LogP contribution in [0, 0.1) is 0 Å². The van der Waals surface area contributed by atoms with Crippen LogP contribution in [0.2, 0.25) is 0 Å². The molecule has 1 aliphatic rings. The summed E-state index contributed by atoms with van der Waals surface area (Å²) in [5.41, 5.74) is 2.44. The molecule has 0 spiro atoms. The zero-order chi connectivity index (χ0) is 9.57. The number of nitrogens with two attached hydrogens (primary N) is 1. The molecule has 1 unspecified atom stereocenters. The Morgan fingerprint density at radius 1 is 1.08 bits per heavy atom. The highest BCUT2D eigenvalue weighted by Gasteiger charge is 2.49. The number of cyclic esters (lactones) is 2. The molecule has 68 valence electrons. The number of ether oxygens (including phenoxy) is 2. The second kappa shape index (κ2) is 2.20. The van der Waals surface area contributed by atoms with E-state index in [0.29, 0.717) is 0 Å². The molecule has 5 nitrogen and oxygen atoms in total. The second-order valence-electron chi connectivity index (χ2n) is 3.40. The van der Waals surface area contributed by atoms with Gasteiger partial charge in [-0.15, -0.1) is 0 Å². The van der Waals surface area contributed by atoms with Crippen molar-refractivity contribution in [1.82, 2.24) is 0 Å². The molecular weight excluding hydrogens is 162 g/mol. The van der Waals surface area contributed by atoms with Crippen LogP contribution in [0.4, 0.5) is 0 Å². The quantitative estimate of drug-likeness (QED) is 0.501. The van der Waals surface area contributed by atoms with E-state index in [1.807, 2.05) is 0 Å². The van der Waals surface area contributed by atoms with Gasteiger partial charge in [0.15, 0.2) is 0 Å². The molecule has 0 aliphatic carbocycles. The molecule has 1 aliphatic heterocycles. The predicted molar refractivity (Wildman–Crippen MR) is 38.9 cm³/mol. The smallest absolute Gasteiger partial charge is 0.367 e. The molecule has 0 amide bonds. The van der Waals surface area contributed by atoms with Crippen LogP contribution in [-0.2, 0) is 19.1 Å². The molecule has 0 radical (unpaired) electrons. The van der Waals surface area contributed by atoms with Gasteiger partial charge in [0.05, 0.1) is 0 Å². The number of hydrogen-bond acceptors (Lipinski definition) is 5. The van der Waals surface area contributed by atoms with E-state index in [9.17, 15) is 9.59 Å². The first-order valence-electron chi connectivity index (χ1n) is 3.51. The Labute approximate surface area is 69.8 Å². The van der Waals surface area contributed by atoms with Crippen molar-refractivity contribution in [2.24, 2.45) is 5.73 Å².